The van der Waals surface area contributed by atoms with E-state index in [9.17, 15) is 4.39 Å². The number of hydrogen-bond acceptors (Lipinski definition) is 3. The van der Waals surface area contributed by atoms with Crippen LogP contribution in [-0.4, -0.2) is 14.2 Å². The van der Waals surface area contributed by atoms with E-state index < -0.39 is 5.82 Å². The van der Waals surface area contributed by atoms with Gasteiger partial charge >= 0.3 is 0 Å². The van der Waals surface area contributed by atoms with Crippen LogP contribution in [0.1, 0.15) is 5.56 Å². The smallest absolute Gasteiger partial charge is 0.144 e. The number of ether oxygens (including phenoxy) is 1. The molecule has 0 atom stereocenters. The molecule has 0 radical (unpaired) electrons. The Hall–Kier alpha value is -1.94. The molecule has 3 nitrogen and oxygen atoms in total. The van der Waals surface area contributed by atoms with Crippen molar-refractivity contribution in [3.63, 3.8) is 0 Å². The van der Waals surface area contributed by atoms with Crippen LogP contribution in [0.15, 0.2) is 36.4 Å². The predicted molar refractivity (Wildman–Crippen MR) is 80.9 cm³/mol. The largest absolute Gasteiger partial charge is 0.497 e. The zero-order valence-electron chi connectivity index (χ0n) is 11.4. The minimum atomic E-state index is -0.475. The summed E-state index contributed by atoms with van der Waals surface area (Å²) in [5.41, 5.74) is 8.01. The van der Waals surface area contributed by atoms with E-state index in [2.05, 4.69) is 0 Å². The normalized spacial score (nSPS) is 10.4. The number of nitrogens with zero attached hydrogens (tertiary/aromatic N) is 1. The van der Waals surface area contributed by atoms with Gasteiger partial charge in [-0.3, -0.25) is 0 Å². The van der Waals surface area contributed by atoms with Crippen molar-refractivity contribution in [3.05, 3.63) is 52.8 Å². The third kappa shape index (κ3) is 3.14. The topological polar surface area (TPSA) is 38.5 Å². The molecule has 0 fully saturated rings. The maximum Gasteiger partial charge on any atom is 0.144 e. The molecule has 106 valence electrons. The molecule has 0 aliphatic carbocycles. The summed E-state index contributed by atoms with van der Waals surface area (Å²) in [7, 11) is 3.47. The van der Waals surface area contributed by atoms with E-state index in [1.807, 2.05) is 36.2 Å². The first-order valence-corrected chi connectivity index (χ1v) is 6.47. The summed E-state index contributed by atoms with van der Waals surface area (Å²) in [4.78, 5) is 1.87. The Balaban J connectivity index is 2.18. The Bertz CT molecular complexity index is 602. The quantitative estimate of drug-likeness (QED) is 0.874. The van der Waals surface area contributed by atoms with Gasteiger partial charge in [-0.25, -0.2) is 4.39 Å². The Labute approximate surface area is 122 Å². The van der Waals surface area contributed by atoms with Crippen molar-refractivity contribution >= 4 is 23.0 Å². The lowest BCUT2D eigenvalue weighted by atomic mass is 10.2. The summed E-state index contributed by atoms with van der Waals surface area (Å²) < 4.78 is 18.6. The van der Waals surface area contributed by atoms with Gasteiger partial charge in [0.1, 0.15) is 11.6 Å². The highest BCUT2D eigenvalue weighted by molar-refractivity contribution is 6.31. The summed E-state index contributed by atoms with van der Waals surface area (Å²) in [6.07, 6.45) is 0. The lowest BCUT2D eigenvalue weighted by Crippen LogP contribution is -2.18. The average Bonchev–Trinajstić information content (AvgIpc) is 2.43. The van der Waals surface area contributed by atoms with Gasteiger partial charge < -0.3 is 15.4 Å². The molecular formula is C15H16ClFN2O. The molecule has 0 aliphatic rings. The van der Waals surface area contributed by atoms with E-state index in [4.69, 9.17) is 22.1 Å². The number of hydrogen-bond donors (Lipinski definition) is 1. The van der Waals surface area contributed by atoms with Crippen LogP contribution in [0.3, 0.4) is 0 Å². The summed E-state index contributed by atoms with van der Waals surface area (Å²) in [5, 5.41) is 0.0316. The average molecular weight is 295 g/mol. The highest BCUT2D eigenvalue weighted by Crippen LogP contribution is 2.29. The number of anilines is 2. The fourth-order valence-electron chi connectivity index (χ4n) is 1.97. The molecule has 0 amide bonds. The maximum atomic E-state index is 13.5. The van der Waals surface area contributed by atoms with E-state index >= 15 is 0 Å². The Morgan fingerprint density at radius 3 is 2.50 bits per heavy atom. The van der Waals surface area contributed by atoms with Crippen LogP contribution >= 0.6 is 11.6 Å². The molecule has 2 rings (SSSR count). The zero-order chi connectivity index (χ0) is 14.7. The molecule has 2 aromatic carbocycles. The van der Waals surface area contributed by atoms with Crippen molar-refractivity contribution in [2.75, 3.05) is 24.8 Å². The van der Waals surface area contributed by atoms with Crippen molar-refractivity contribution in [2.45, 2.75) is 6.54 Å². The second-order valence-electron chi connectivity index (χ2n) is 4.53. The molecule has 0 aromatic heterocycles. The second-order valence-corrected chi connectivity index (χ2v) is 4.94. The molecule has 0 aliphatic heterocycles. The van der Waals surface area contributed by atoms with Gasteiger partial charge in [0, 0.05) is 19.7 Å². The zero-order valence-corrected chi connectivity index (χ0v) is 12.1. The fraction of sp³-hybridized carbons (Fsp3) is 0.200. The van der Waals surface area contributed by atoms with E-state index in [1.165, 1.54) is 12.1 Å². The van der Waals surface area contributed by atoms with Gasteiger partial charge in [-0.05, 0) is 23.8 Å². The summed E-state index contributed by atoms with van der Waals surface area (Å²) in [6, 6.07) is 10.5. The first kappa shape index (κ1) is 14.5. The molecule has 0 saturated heterocycles. The first-order valence-electron chi connectivity index (χ1n) is 6.10. The number of rotatable bonds is 4. The van der Waals surface area contributed by atoms with Crippen LogP contribution in [-0.2, 0) is 6.54 Å². The molecule has 2 aromatic rings. The summed E-state index contributed by atoms with van der Waals surface area (Å²) in [6.45, 7) is 0.606. The number of halogens is 2. The number of benzene rings is 2. The summed E-state index contributed by atoms with van der Waals surface area (Å²) in [5.74, 6) is 0.325. The lowest BCUT2D eigenvalue weighted by molar-refractivity contribution is 0.414. The highest BCUT2D eigenvalue weighted by Gasteiger charge is 2.10. The molecule has 0 bridgehead atoms. The van der Waals surface area contributed by atoms with Gasteiger partial charge in [-0.2, -0.15) is 0 Å². The van der Waals surface area contributed by atoms with Gasteiger partial charge in [-0.15, -0.1) is 0 Å². The minimum Gasteiger partial charge on any atom is -0.497 e. The third-order valence-corrected chi connectivity index (χ3v) is 3.35. The van der Waals surface area contributed by atoms with Crippen LogP contribution < -0.4 is 15.4 Å². The molecule has 0 spiro atoms. The third-order valence-electron chi connectivity index (χ3n) is 3.06. The van der Waals surface area contributed by atoms with E-state index in [0.717, 1.165) is 11.3 Å². The van der Waals surface area contributed by atoms with Crippen LogP contribution in [0.25, 0.3) is 0 Å². The van der Waals surface area contributed by atoms with Gasteiger partial charge in [0.15, 0.2) is 0 Å². The van der Waals surface area contributed by atoms with Crippen LogP contribution in [0.5, 0.6) is 5.75 Å². The van der Waals surface area contributed by atoms with Crippen LogP contribution in [0, 0.1) is 5.82 Å². The maximum absolute atomic E-state index is 13.5. The van der Waals surface area contributed by atoms with E-state index in [1.54, 1.807) is 7.11 Å². The second kappa shape index (κ2) is 6.01. The van der Waals surface area contributed by atoms with Crippen LogP contribution in [0.2, 0.25) is 5.02 Å². The molecule has 0 saturated carbocycles. The number of nitrogen functional groups attached to an aromatic ring is 1. The molecule has 0 heterocycles. The van der Waals surface area contributed by atoms with Gasteiger partial charge in [-0.1, -0.05) is 23.7 Å². The Kier molecular flexibility index (Phi) is 4.35. The molecule has 0 unspecified atom stereocenters. The first-order chi connectivity index (χ1) is 9.51. The van der Waals surface area contributed by atoms with Gasteiger partial charge in [0.25, 0.3) is 0 Å². The van der Waals surface area contributed by atoms with Gasteiger partial charge in [0.05, 0.1) is 23.5 Å². The summed E-state index contributed by atoms with van der Waals surface area (Å²) >= 11 is 5.70. The Morgan fingerprint density at radius 1 is 1.25 bits per heavy atom. The van der Waals surface area contributed by atoms with Crippen molar-refractivity contribution in [1.82, 2.24) is 0 Å². The van der Waals surface area contributed by atoms with Crippen molar-refractivity contribution in [1.29, 1.82) is 0 Å². The molecule has 2 N–H and O–H groups in total. The van der Waals surface area contributed by atoms with Gasteiger partial charge in [0.2, 0.25) is 0 Å². The standard InChI is InChI=1S/C15H16ClFN2O/c1-19(9-10-3-5-11(20-2)6-4-10)15-8-13(17)12(16)7-14(15)18/h3-8H,9,18H2,1-2H3. The van der Waals surface area contributed by atoms with Crippen LogP contribution in [0.4, 0.5) is 15.8 Å². The van der Waals surface area contributed by atoms with Crippen molar-refractivity contribution in [3.8, 4) is 5.75 Å². The molecule has 20 heavy (non-hydrogen) atoms. The SMILES string of the molecule is COc1ccc(CN(C)c2cc(F)c(Cl)cc2N)cc1. The fourth-order valence-corrected chi connectivity index (χ4v) is 2.14. The Morgan fingerprint density at radius 2 is 1.90 bits per heavy atom. The number of nitrogens with two attached hydrogens (primary N) is 1. The minimum absolute atomic E-state index is 0.0316. The predicted octanol–water partition coefficient (Wildman–Crippen LogP) is 3.71. The lowest BCUT2D eigenvalue weighted by Gasteiger charge is -2.21. The highest BCUT2D eigenvalue weighted by atomic mass is 35.5. The monoisotopic (exact) mass is 294 g/mol. The number of methoxy groups -OCH3 is 1. The van der Waals surface area contributed by atoms with E-state index in [0.29, 0.717) is 17.9 Å². The molecule has 5 heteroatoms. The van der Waals surface area contributed by atoms with Crippen molar-refractivity contribution in [2.24, 2.45) is 0 Å². The van der Waals surface area contributed by atoms with Crippen molar-refractivity contribution < 1.29 is 9.13 Å². The molecular weight excluding hydrogens is 279 g/mol. The van der Waals surface area contributed by atoms with E-state index in [-0.39, 0.29) is 5.02 Å².